The van der Waals surface area contributed by atoms with E-state index in [1.165, 1.54) is 44.6 Å². The largest absolute Gasteiger partial charge is 0.216 e. The van der Waals surface area contributed by atoms with Crippen LogP contribution in [0.2, 0.25) is 0 Å². The molecule has 0 saturated heterocycles. The molecule has 0 spiro atoms. The standard InChI is InChI=1S/C24H32N/c1-9-21(12-16(2)3)15-22-10-11-25(8)24(20(22)7)23-14-17(4)13-18(5)19(23)6/h9-11,13-16H,1,12H2,2-8H3/q+1/b21-15+. The van der Waals surface area contributed by atoms with Gasteiger partial charge in [0, 0.05) is 17.2 Å². The van der Waals surface area contributed by atoms with E-state index in [-0.39, 0.29) is 0 Å². The number of nitrogens with zero attached hydrogens (tertiary/aromatic N) is 1. The summed E-state index contributed by atoms with van der Waals surface area (Å²) in [4.78, 5) is 0. The van der Waals surface area contributed by atoms with Crippen LogP contribution >= 0.6 is 0 Å². The highest BCUT2D eigenvalue weighted by Gasteiger charge is 2.19. The van der Waals surface area contributed by atoms with Crippen LogP contribution in [-0.4, -0.2) is 0 Å². The molecule has 0 radical (unpaired) electrons. The predicted octanol–water partition coefficient (Wildman–Crippen LogP) is 6.03. The second kappa shape index (κ2) is 7.82. The average Bonchev–Trinajstić information content (AvgIpc) is 2.53. The summed E-state index contributed by atoms with van der Waals surface area (Å²) < 4.78 is 2.24. The number of aromatic nitrogens is 1. The van der Waals surface area contributed by atoms with Crippen molar-refractivity contribution in [1.29, 1.82) is 0 Å². The normalized spacial score (nSPS) is 11.9. The van der Waals surface area contributed by atoms with Gasteiger partial charge in [0.1, 0.15) is 7.05 Å². The predicted molar refractivity (Wildman–Crippen MR) is 110 cm³/mol. The molecule has 1 aromatic heterocycles. The summed E-state index contributed by atoms with van der Waals surface area (Å²) in [5.41, 5.74) is 10.5. The van der Waals surface area contributed by atoms with Crippen LogP contribution in [0.15, 0.2) is 42.6 Å². The molecule has 1 heteroatoms. The van der Waals surface area contributed by atoms with Crippen molar-refractivity contribution < 1.29 is 4.57 Å². The first-order valence-electron chi connectivity index (χ1n) is 9.15. The molecule has 0 aliphatic rings. The zero-order valence-electron chi connectivity index (χ0n) is 16.9. The molecular weight excluding hydrogens is 302 g/mol. The zero-order valence-corrected chi connectivity index (χ0v) is 16.9. The lowest BCUT2D eigenvalue weighted by Gasteiger charge is -2.13. The van der Waals surface area contributed by atoms with E-state index >= 15 is 0 Å². The molecule has 0 unspecified atom stereocenters. The third kappa shape index (κ3) is 4.28. The molecule has 25 heavy (non-hydrogen) atoms. The quantitative estimate of drug-likeness (QED) is 0.464. The SMILES string of the molecule is C=C/C(=C\c1cc[n+](C)c(-c2cc(C)cc(C)c2C)c1C)CC(C)C. The number of aryl methyl sites for hydroxylation is 3. The lowest BCUT2D eigenvalue weighted by atomic mass is 9.92. The van der Waals surface area contributed by atoms with Gasteiger partial charge in [0.25, 0.3) is 0 Å². The summed E-state index contributed by atoms with van der Waals surface area (Å²) >= 11 is 0. The van der Waals surface area contributed by atoms with Crippen LogP contribution in [0.3, 0.4) is 0 Å². The van der Waals surface area contributed by atoms with E-state index in [9.17, 15) is 0 Å². The monoisotopic (exact) mass is 334 g/mol. The highest BCUT2D eigenvalue weighted by molar-refractivity contribution is 5.71. The van der Waals surface area contributed by atoms with Crippen molar-refractivity contribution in [3.05, 3.63) is 70.4 Å². The summed E-state index contributed by atoms with van der Waals surface area (Å²) in [6, 6.07) is 6.78. The minimum Gasteiger partial charge on any atom is -0.201 e. The molecule has 0 aliphatic heterocycles. The Balaban J connectivity index is 2.66. The molecule has 0 amide bonds. The molecule has 2 rings (SSSR count). The first-order valence-corrected chi connectivity index (χ1v) is 9.15. The Hall–Kier alpha value is -2.15. The van der Waals surface area contributed by atoms with Crippen LogP contribution in [0, 0.1) is 33.6 Å². The fourth-order valence-corrected chi connectivity index (χ4v) is 3.50. The first-order chi connectivity index (χ1) is 11.7. The summed E-state index contributed by atoms with van der Waals surface area (Å²) in [7, 11) is 2.13. The Kier molecular flexibility index (Phi) is 6.00. The van der Waals surface area contributed by atoms with E-state index in [2.05, 4.69) is 90.2 Å². The van der Waals surface area contributed by atoms with Crippen LogP contribution in [0.4, 0.5) is 0 Å². The van der Waals surface area contributed by atoms with Crippen molar-refractivity contribution in [3.63, 3.8) is 0 Å². The van der Waals surface area contributed by atoms with Crippen LogP contribution in [0.5, 0.6) is 0 Å². The maximum absolute atomic E-state index is 4.00. The maximum atomic E-state index is 4.00. The average molecular weight is 335 g/mol. The van der Waals surface area contributed by atoms with E-state index in [0.29, 0.717) is 5.92 Å². The van der Waals surface area contributed by atoms with Gasteiger partial charge in [0.2, 0.25) is 5.69 Å². The number of benzene rings is 1. The lowest BCUT2D eigenvalue weighted by molar-refractivity contribution is -0.660. The van der Waals surface area contributed by atoms with Gasteiger partial charge in [-0.3, -0.25) is 0 Å². The third-order valence-corrected chi connectivity index (χ3v) is 4.93. The summed E-state index contributed by atoms with van der Waals surface area (Å²) in [6.45, 7) is 17.3. The summed E-state index contributed by atoms with van der Waals surface area (Å²) in [5, 5.41) is 0. The van der Waals surface area contributed by atoms with Gasteiger partial charge in [-0.1, -0.05) is 44.2 Å². The van der Waals surface area contributed by atoms with Gasteiger partial charge in [-0.25, -0.2) is 4.57 Å². The molecule has 0 N–H and O–H groups in total. The number of hydrogen-bond acceptors (Lipinski definition) is 0. The molecule has 0 fully saturated rings. The molecule has 132 valence electrons. The van der Waals surface area contributed by atoms with Crippen molar-refractivity contribution in [3.8, 4) is 11.3 Å². The van der Waals surface area contributed by atoms with Gasteiger partial charge in [-0.05, 0) is 68.4 Å². The molecule has 0 saturated carbocycles. The zero-order chi connectivity index (χ0) is 18.7. The van der Waals surface area contributed by atoms with Gasteiger partial charge in [0.05, 0.1) is 0 Å². The van der Waals surface area contributed by atoms with Gasteiger partial charge < -0.3 is 0 Å². The maximum Gasteiger partial charge on any atom is 0.216 e. The van der Waals surface area contributed by atoms with Gasteiger partial charge in [0.15, 0.2) is 6.20 Å². The van der Waals surface area contributed by atoms with Crippen LogP contribution in [-0.2, 0) is 7.05 Å². The van der Waals surface area contributed by atoms with Crippen molar-refractivity contribution in [2.24, 2.45) is 13.0 Å². The highest BCUT2D eigenvalue weighted by Crippen LogP contribution is 2.29. The smallest absolute Gasteiger partial charge is 0.201 e. The van der Waals surface area contributed by atoms with Crippen molar-refractivity contribution in [2.75, 3.05) is 0 Å². The van der Waals surface area contributed by atoms with Crippen LogP contribution < -0.4 is 4.57 Å². The molecule has 0 bridgehead atoms. The molecule has 1 nitrogen and oxygen atoms in total. The van der Waals surface area contributed by atoms with Gasteiger partial charge in [-0.15, -0.1) is 0 Å². The van der Waals surface area contributed by atoms with Crippen molar-refractivity contribution in [1.82, 2.24) is 0 Å². The fraction of sp³-hybridized carbons (Fsp3) is 0.375. The molecular formula is C24H32N+. The Morgan fingerprint density at radius 2 is 1.80 bits per heavy atom. The van der Waals surface area contributed by atoms with E-state index in [0.717, 1.165) is 6.42 Å². The molecule has 1 aromatic carbocycles. The molecule has 2 aromatic rings. The summed E-state index contributed by atoms with van der Waals surface area (Å²) in [5.74, 6) is 0.630. The molecule has 1 heterocycles. The number of hydrogen-bond donors (Lipinski definition) is 0. The second-order valence-corrected chi connectivity index (χ2v) is 7.63. The van der Waals surface area contributed by atoms with E-state index in [4.69, 9.17) is 0 Å². The van der Waals surface area contributed by atoms with Crippen LogP contribution in [0.1, 0.15) is 48.1 Å². The Labute approximate surface area is 153 Å². The van der Waals surface area contributed by atoms with Gasteiger partial charge >= 0.3 is 0 Å². The van der Waals surface area contributed by atoms with E-state index < -0.39 is 0 Å². The number of rotatable bonds is 5. The van der Waals surface area contributed by atoms with Crippen LogP contribution in [0.25, 0.3) is 17.3 Å². The third-order valence-electron chi connectivity index (χ3n) is 4.93. The first kappa shape index (κ1) is 19.2. The lowest BCUT2D eigenvalue weighted by Crippen LogP contribution is -2.32. The van der Waals surface area contributed by atoms with Crippen molar-refractivity contribution >= 4 is 6.08 Å². The second-order valence-electron chi connectivity index (χ2n) is 7.63. The van der Waals surface area contributed by atoms with E-state index in [1.807, 2.05) is 6.08 Å². The molecule has 0 atom stereocenters. The van der Waals surface area contributed by atoms with Gasteiger partial charge in [-0.2, -0.15) is 0 Å². The van der Waals surface area contributed by atoms with E-state index in [1.54, 1.807) is 0 Å². The molecule has 0 aliphatic carbocycles. The topological polar surface area (TPSA) is 3.88 Å². The number of allylic oxidation sites excluding steroid dienone is 2. The van der Waals surface area contributed by atoms with Crippen molar-refractivity contribution in [2.45, 2.75) is 48.0 Å². The minimum absolute atomic E-state index is 0.630. The Bertz CT molecular complexity index is 822. The highest BCUT2D eigenvalue weighted by atomic mass is 14.9. The fourth-order valence-electron chi connectivity index (χ4n) is 3.50. The Morgan fingerprint density at radius 3 is 2.40 bits per heavy atom. The summed E-state index contributed by atoms with van der Waals surface area (Å²) in [6.07, 6.45) is 7.52. The Morgan fingerprint density at radius 1 is 1.12 bits per heavy atom. The minimum atomic E-state index is 0.630. The number of pyridine rings is 1.